The maximum absolute atomic E-state index is 4.15. The van der Waals surface area contributed by atoms with E-state index in [-0.39, 0.29) is 0 Å². The first-order valence-electron chi connectivity index (χ1n) is 5.08. The van der Waals surface area contributed by atoms with Crippen molar-refractivity contribution in [3.8, 4) is 10.4 Å². The van der Waals surface area contributed by atoms with Crippen molar-refractivity contribution >= 4 is 23.9 Å². The van der Waals surface area contributed by atoms with Gasteiger partial charge in [0.05, 0.1) is 8.07 Å². The Bertz CT molecular complexity index is 442. The summed E-state index contributed by atoms with van der Waals surface area (Å²) in [5.74, 6) is 0. The van der Waals surface area contributed by atoms with E-state index < -0.39 is 8.07 Å². The van der Waals surface area contributed by atoms with Gasteiger partial charge in [0.25, 0.3) is 0 Å². The Balaban J connectivity index is 2.37. The van der Waals surface area contributed by atoms with Crippen LogP contribution >= 0.6 is 11.3 Å². The molecule has 0 radical (unpaired) electrons. The topological polar surface area (TPSA) is 12.9 Å². The predicted octanol–water partition coefficient (Wildman–Crippen LogP) is 3.36. The fourth-order valence-electron chi connectivity index (χ4n) is 1.40. The molecule has 0 fully saturated rings. The van der Waals surface area contributed by atoms with Gasteiger partial charge >= 0.3 is 0 Å². The van der Waals surface area contributed by atoms with Gasteiger partial charge in [0.15, 0.2) is 0 Å². The van der Waals surface area contributed by atoms with E-state index >= 15 is 0 Å². The van der Waals surface area contributed by atoms with Crippen molar-refractivity contribution in [3.05, 3.63) is 36.7 Å². The molecule has 0 aliphatic heterocycles. The highest BCUT2D eigenvalue weighted by molar-refractivity contribution is 7.28. The number of aromatic nitrogens is 1. The van der Waals surface area contributed by atoms with Crippen LogP contribution in [0.3, 0.4) is 0 Å². The Labute approximate surface area is 95.8 Å². The van der Waals surface area contributed by atoms with Gasteiger partial charge in [-0.15, -0.1) is 11.3 Å². The van der Waals surface area contributed by atoms with E-state index in [1.54, 1.807) is 4.50 Å². The highest BCUT2D eigenvalue weighted by Crippen LogP contribution is 2.24. The summed E-state index contributed by atoms with van der Waals surface area (Å²) in [5, 5.41) is 0. The van der Waals surface area contributed by atoms with Crippen LogP contribution < -0.4 is 4.50 Å². The zero-order chi connectivity index (χ0) is 10.9. The van der Waals surface area contributed by atoms with E-state index in [4.69, 9.17) is 0 Å². The lowest BCUT2D eigenvalue weighted by Gasteiger charge is -2.12. The Morgan fingerprint density at radius 3 is 2.47 bits per heavy atom. The molecule has 1 nitrogen and oxygen atoms in total. The molecule has 0 bridgehead atoms. The van der Waals surface area contributed by atoms with Crippen molar-refractivity contribution in [2.24, 2.45) is 0 Å². The van der Waals surface area contributed by atoms with Gasteiger partial charge in [-0.05, 0) is 16.6 Å². The minimum atomic E-state index is -1.15. The summed E-state index contributed by atoms with van der Waals surface area (Å²) in [7, 11) is -1.15. The second-order valence-corrected chi connectivity index (χ2v) is 11.1. The minimum absolute atomic E-state index is 1.15. The SMILES string of the molecule is C[Si](C)(C)c1ccc(-c2cccnc2)s1. The molecule has 2 aromatic rings. The molecule has 0 unspecified atom stereocenters. The molecule has 3 heteroatoms. The molecular formula is C12H15NSSi. The standard InChI is InChI=1S/C12H15NSSi/c1-15(2,3)12-7-6-11(14-12)10-5-4-8-13-9-10/h4-9H,1-3H3. The molecule has 0 aliphatic rings. The summed E-state index contributed by atoms with van der Waals surface area (Å²) in [5.41, 5.74) is 1.23. The summed E-state index contributed by atoms with van der Waals surface area (Å²) in [6, 6.07) is 8.60. The zero-order valence-corrected chi connectivity index (χ0v) is 11.1. The van der Waals surface area contributed by atoms with E-state index in [0.717, 1.165) is 0 Å². The number of hydrogen-bond acceptors (Lipinski definition) is 2. The van der Waals surface area contributed by atoms with Crippen molar-refractivity contribution in [3.63, 3.8) is 0 Å². The number of hydrogen-bond donors (Lipinski definition) is 0. The van der Waals surface area contributed by atoms with Gasteiger partial charge in [0.1, 0.15) is 0 Å². The van der Waals surface area contributed by atoms with E-state index in [1.165, 1.54) is 10.4 Å². The fraction of sp³-hybridized carbons (Fsp3) is 0.250. The van der Waals surface area contributed by atoms with Gasteiger partial charge in [0.2, 0.25) is 0 Å². The summed E-state index contributed by atoms with van der Waals surface area (Å²) in [6.07, 6.45) is 3.75. The van der Waals surface area contributed by atoms with Crippen LogP contribution in [0.2, 0.25) is 19.6 Å². The molecule has 2 aromatic heterocycles. The lowest BCUT2D eigenvalue weighted by Crippen LogP contribution is -2.34. The van der Waals surface area contributed by atoms with E-state index in [1.807, 2.05) is 29.8 Å². The van der Waals surface area contributed by atoms with Gasteiger partial charge in [0, 0.05) is 22.8 Å². The number of nitrogens with zero attached hydrogens (tertiary/aromatic N) is 1. The maximum Gasteiger partial charge on any atom is 0.0904 e. The van der Waals surface area contributed by atoms with Crippen molar-refractivity contribution in [1.29, 1.82) is 0 Å². The second-order valence-electron chi connectivity index (χ2n) is 4.66. The van der Waals surface area contributed by atoms with E-state index in [9.17, 15) is 0 Å². The lowest BCUT2D eigenvalue weighted by molar-refractivity contribution is 1.33. The van der Waals surface area contributed by atoms with Gasteiger partial charge in [-0.1, -0.05) is 31.8 Å². The van der Waals surface area contributed by atoms with Crippen molar-refractivity contribution in [2.75, 3.05) is 0 Å². The lowest BCUT2D eigenvalue weighted by atomic mass is 10.2. The highest BCUT2D eigenvalue weighted by atomic mass is 32.1. The second kappa shape index (κ2) is 3.91. The normalized spacial score (nSPS) is 11.7. The quantitative estimate of drug-likeness (QED) is 0.725. The molecule has 0 N–H and O–H groups in total. The van der Waals surface area contributed by atoms with Gasteiger partial charge in [-0.2, -0.15) is 0 Å². The molecule has 0 aliphatic carbocycles. The molecule has 0 aromatic carbocycles. The largest absolute Gasteiger partial charge is 0.264 e. The zero-order valence-electron chi connectivity index (χ0n) is 9.32. The first-order chi connectivity index (χ1) is 7.07. The van der Waals surface area contributed by atoms with Crippen molar-refractivity contribution in [1.82, 2.24) is 4.98 Å². The number of thiophene rings is 1. The van der Waals surface area contributed by atoms with Crippen LogP contribution in [0, 0.1) is 0 Å². The summed E-state index contributed by atoms with van der Waals surface area (Å²) in [4.78, 5) is 5.48. The van der Waals surface area contributed by atoms with E-state index in [0.29, 0.717) is 0 Å². The number of rotatable bonds is 2. The van der Waals surface area contributed by atoms with Crippen LogP contribution in [-0.2, 0) is 0 Å². The maximum atomic E-state index is 4.15. The predicted molar refractivity (Wildman–Crippen MR) is 70.5 cm³/mol. The number of pyridine rings is 1. The van der Waals surface area contributed by atoms with Crippen LogP contribution in [0.1, 0.15) is 0 Å². The highest BCUT2D eigenvalue weighted by Gasteiger charge is 2.18. The Morgan fingerprint density at radius 1 is 1.13 bits per heavy atom. The minimum Gasteiger partial charge on any atom is -0.264 e. The average Bonchev–Trinajstić information content (AvgIpc) is 2.67. The van der Waals surface area contributed by atoms with Crippen LogP contribution in [0.25, 0.3) is 10.4 Å². The van der Waals surface area contributed by atoms with Crippen molar-refractivity contribution < 1.29 is 0 Å². The molecule has 0 saturated carbocycles. The molecule has 2 rings (SSSR count). The first-order valence-corrected chi connectivity index (χ1v) is 9.40. The molecular weight excluding hydrogens is 218 g/mol. The van der Waals surface area contributed by atoms with Crippen LogP contribution in [0.4, 0.5) is 0 Å². The van der Waals surface area contributed by atoms with Crippen LogP contribution in [0.15, 0.2) is 36.7 Å². The van der Waals surface area contributed by atoms with Crippen molar-refractivity contribution in [2.45, 2.75) is 19.6 Å². The van der Waals surface area contributed by atoms with Gasteiger partial charge < -0.3 is 0 Å². The summed E-state index contributed by atoms with van der Waals surface area (Å²) < 4.78 is 1.56. The van der Waals surface area contributed by atoms with E-state index in [2.05, 4.69) is 42.8 Å². The monoisotopic (exact) mass is 233 g/mol. The molecule has 2 heterocycles. The summed E-state index contributed by atoms with van der Waals surface area (Å²) in [6.45, 7) is 7.14. The third-order valence-electron chi connectivity index (χ3n) is 2.29. The van der Waals surface area contributed by atoms with Gasteiger partial charge in [-0.3, -0.25) is 4.98 Å². The first kappa shape index (κ1) is 10.6. The Morgan fingerprint density at radius 2 is 1.93 bits per heavy atom. The molecule has 78 valence electrons. The molecule has 0 atom stereocenters. The molecule has 15 heavy (non-hydrogen) atoms. The fourth-order valence-corrected chi connectivity index (χ4v) is 4.29. The Hall–Kier alpha value is -0.933. The van der Waals surface area contributed by atoms with Crippen LogP contribution in [-0.4, -0.2) is 13.1 Å². The van der Waals surface area contributed by atoms with Gasteiger partial charge in [-0.25, -0.2) is 0 Å². The molecule has 0 saturated heterocycles. The van der Waals surface area contributed by atoms with Crippen LogP contribution in [0.5, 0.6) is 0 Å². The molecule has 0 spiro atoms. The molecule has 0 amide bonds. The summed E-state index contributed by atoms with van der Waals surface area (Å²) >= 11 is 1.91. The Kier molecular flexibility index (Phi) is 2.76. The average molecular weight is 233 g/mol. The smallest absolute Gasteiger partial charge is 0.0904 e. The third kappa shape index (κ3) is 2.36. The third-order valence-corrected chi connectivity index (χ3v) is 7.03.